The molecule has 2 N–H and O–H groups in total. The molecular weight excluding hydrogens is 334 g/mol. The maximum Gasteiger partial charge on any atom is 0.311 e. The van der Waals surface area contributed by atoms with Gasteiger partial charge in [0.05, 0.1) is 19.6 Å². The van der Waals surface area contributed by atoms with E-state index in [9.17, 15) is 14.7 Å². The Morgan fingerprint density at radius 1 is 1.15 bits per heavy atom. The lowest BCUT2D eigenvalue weighted by atomic mass is 9.74. The molecule has 1 saturated carbocycles. The summed E-state index contributed by atoms with van der Waals surface area (Å²) in [6, 6.07) is 5.64. The van der Waals surface area contributed by atoms with Crippen LogP contribution in [0.15, 0.2) is 18.2 Å². The van der Waals surface area contributed by atoms with Crippen LogP contribution in [0, 0.1) is 5.41 Å². The zero-order valence-corrected chi connectivity index (χ0v) is 15.7. The third kappa shape index (κ3) is 5.13. The summed E-state index contributed by atoms with van der Waals surface area (Å²) in [4.78, 5) is 23.8. The lowest BCUT2D eigenvalue weighted by Gasteiger charge is -2.33. The number of carbonyl (C=O) groups is 2. The Hall–Kier alpha value is -2.24. The number of methoxy groups -OCH3 is 2. The van der Waals surface area contributed by atoms with Gasteiger partial charge in [-0.1, -0.05) is 25.3 Å². The van der Waals surface area contributed by atoms with Crippen molar-refractivity contribution in [3.05, 3.63) is 23.8 Å². The van der Waals surface area contributed by atoms with E-state index in [1.807, 2.05) is 18.2 Å². The molecule has 0 unspecified atom stereocenters. The van der Waals surface area contributed by atoms with Gasteiger partial charge < -0.3 is 19.9 Å². The van der Waals surface area contributed by atoms with Crippen LogP contribution in [0.3, 0.4) is 0 Å². The third-order valence-electron chi connectivity index (χ3n) is 5.23. The molecule has 6 heteroatoms. The van der Waals surface area contributed by atoms with Crippen molar-refractivity contribution in [2.24, 2.45) is 5.41 Å². The predicted molar refractivity (Wildman–Crippen MR) is 98.6 cm³/mol. The van der Waals surface area contributed by atoms with Gasteiger partial charge in [0.2, 0.25) is 5.91 Å². The summed E-state index contributed by atoms with van der Waals surface area (Å²) in [6.45, 7) is 0.229. The molecule has 0 aromatic heterocycles. The first-order valence-corrected chi connectivity index (χ1v) is 9.22. The van der Waals surface area contributed by atoms with Crippen LogP contribution in [0.4, 0.5) is 0 Å². The Bertz CT molecular complexity index is 623. The highest BCUT2D eigenvalue weighted by Gasteiger charge is 2.39. The van der Waals surface area contributed by atoms with E-state index in [2.05, 4.69) is 5.32 Å². The standard InChI is InChI=1S/C20H29NO5/c1-25-16-10-9-15(17(13-16)26-2)7-6-8-18(22)21-14-20(19(23)24)11-4-3-5-12-20/h9-10,13H,3-8,11-12,14H2,1-2H3,(H,21,22)(H,23,24). The molecule has 0 spiro atoms. The molecule has 0 atom stereocenters. The van der Waals surface area contributed by atoms with Crippen molar-refractivity contribution < 1.29 is 24.2 Å². The molecule has 0 bridgehead atoms. The van der Waals surface area contributed by atoms with Crippen molar-refractivity contribution in [2.45, 2.75) is 51.4 Å². The van der Waals surface area contributed by atoms with E-state index in [0.717, 1.165) is 36.3 Å². The van der Waals surface area contributed by atoms with Crippen molar-refractivity contribution >= 4 is 11.9 Å². The van der Waals surface area contributed by atoms with Crippen molar-refractivity contribution in [3.8, 4) is 11.5 Å². The Balaban J connectivity index is 1.81. The van der Waals surface area contributed by atoms with Gasteiger partial charge >= 0.3 is 5.97 Å². The molecule has 1 fully saturated rings. The lowest BCUT2D eigenvalue weighted by Crippen LogP contribution is -2.44. The Morgan fingerprint density at radius 3 is 2.50 bits per heavy atom. The van der Waals surface area contributed by atoms with Gasteiger partial charge in [-0.05, 0) is 37.3 Å². The fourth-order valence-electron chi connectivity index (χ4n) is 3.55. The Kier molecular flexibility index (Phi) is 7.30. The second kappa shape index (κ2) is 9.46. The molecule has 0 aliphatic heterocycles. The van der Waals surface area contributed by atoms with Gasteiger partial charge in [-0.3, -0.25) is 9.59 Å². The molecule has 1 aliphatic carbocycles. The number of aliphatic carboxylic acids is 1. The van der Waals surface area contributed by atoms with Crippen molar-refractivity contribution in [2.75, 3.05) is 20.8 Å². The maximum absolute atomic E-state index is 12.1. The molecule has 0 radical (unpaired) electrons. The summed E-state index contributed by atoms with van der Waals surface area (Å²) < 4.78 is 10.5. The minimum atomic E-state index is -0.791. The summed E-state index contributed by atoms with van der Waals surface area (Å²) in [5.74, 6) is 0.593. The van der Waals surface area contributed by atoms with Crippen LogP contribution >= 0.6 is 0 Å². The molecule has 144 valence electrons. The number of rotatable bonds is 9. The minimum absolute atomic E-state index is 0.0938. The number of carbonyl (C=O) groups excluding carboxylic acids is 1. The van der Waals surface area contributed by atoms with Gasteiger partial charge in [-0.15, -0.1) is 0 Å². The number of nitrogens with one attached hydrogen (secondary N) is 1. The number of ether oxygens (including phenoxy) is 2. The summed E-state index contributed by atoms with van der Waals surface area (Å²) in [7, 11) is 3.22. The second-order valence-corrected chi connectivity index (χ2v) is 6.95. The number of carboxylic acids is 1. The third-order valence-corrected chi connectivity index (χ3v) is 5.23. The fourth-order valence-corrected chi connectivity index (χ4v) is 3.55. The van der Waals surface area contributed by atoms with E-state index in [4.69, 9.17) is 9.47 Å². The second-order valence-electron chi connectivity index (χ2n) is 6.95. The normalized spacial score (nSPS) is 15.9. The average Bonchev–Trinajstić information content (AvgIpc) is 2.67. The van der Waals surface area contributed by atoms with Crippen LogP contribution < -0.4 is 14.8 Å². The first-order chi connectivity index (χ1) is 12.5. The van der Waals surface area contributed by atoms with Crippen LogP contribution in [0.25, 0.3) is 0 Å². The van der Waals surface area contributed by atoms with E-state index >= 15 is 0 Å². The molecule has 1 aliphatic rings. The van der Waals surface area contributed by atoms with Crippen LogP contribution in [-0.4, -0.2) is 37.7 Å². The number of hydrogen-bond acceptors (Lipinski definition) is 4. The highest BCUT2D eigenvalue weighted by atomic mass is 16.5. The van der Waals surface area contributed by atoms with Gasteiger partial charge in [0, 0.05) is 19.0 Å². The van der Waals surface area contributed by atoms with E-state index < -0.39 is 11.4 Å². The number of benzene rings is 1. The van der Waals surface area contributed by atoms with Crippen molar-refractivity contribution in [1.29, 1.82) is 0 Å². The number of carboxylic acid groups (broad SMARTS) is 1. The largest absolute Gasteiger partial charge is 0.497 e. The highest BCUT2D eigenvalue weighted by Crippen LogP contribution is 2.36. The van der Waals surface area contributed by atoms with E-state index in [0.29, 0.717) is 32.1 Å². The van der Waals surface area contributed by atoms with Crippen LogP contribution in [0.5, 0.6) is 11.5 Å². The SMILES string of the molecule is COc1ccc(CCCC(=O)NCC2(C(=O)O)CCCCC2)c(OC)c1. The van der Waals surface area contributed by atoms with Gasteiger partial charge in [0.1, 0.15) is 11.5 Å². The average molecular weight is 363 g/mol. The molecule has 1 aromatic carbocycles. The minimum Gasteiger partial charge on any atom is -0.497 e. The van der Waals surface area contributed by atoms with Crippen LogP contribution in [0.2, 0.25) is 0 Å². The highest BCUT2D eigenvalue weighted by molar-refractivity contribution is 5.79. The molecule has 0 heterocycles. The summed E-state index contributed by atoms with van der Waals surface area (Å²) in [5, 5.41) is 12.4. The summed E-state index contributed by atoms with van der Waals surface area (Å²) >= 11 is 0. The van der Waals surface area contributed by atoms with Gasteiger partial charge in [0.15, 0.2) is 0 Å². The number of amides is 1. The smallest absolute Gasteiger partial charge is 0.311 e. The van der Waals surface area contributed by atoms with Crippen LogP contribution in [-0.2, 0) is 16.0 Å². The zero-order valence-electron chi connectivity index (χ0n) is 15.7. The predicted octanol–water partition coefficient (Wildman–Crippen LogP) is 3.18. The molecule has 1 aromatic rings. The lowest BCUT2D eigenvalue weighted by molar-refractivity contribution is -0.151. The topological polar surface area (TPSA) is 84.9 Å². The molecule has 0 saturated heterocycles. The van der Waals surface area contributed by atoms with Gasteiger partial charge in [-0.2, -0.15) is 0 Å². The molecule has 2 rings (SSSR count). The number of aryl methyl sites for hydroxylation is 1. The molecule has 26 heavy (non-hydrogen) atoms. The van der Waals surface area contributed by atoms with E-state index in [1.54, 1.807) is 14.2 Å². The first kappa shape index (κ1) is 20.1. The first-order valence-electron chi connectivity index (χ1n) is 9.22. The van der Waals surface area contributed by atoms with Gasteiger partial charge in [0.25, 0.3) is 0 Å². The maximum atomic E-state index is 12.1. The van der Waals surface area contributed by atoms with E-state index in [1.165, 1.54) is 0 Å². The quantitative estimate of drug-likeness (QED) is 0.704. The van der Waals surface area contributed by atoms with Crippen LogP contribution in [0.1, 0.15) is 50.5 Å². The Morgan fingerprint density at radius 2 is 1.88 bits per heavy atom. The van der Waals surface area contributed by atoms with E-state index in [-0.39, 0.29) is 12.5 Å². The van der Waals surface area contributed by atoms with Gasteiger partial charge in [-0.25, -0.2) is 0 Å². The molecular formula is C20H29NO5. The zero-order chi connectivity index (χ0) is 19.0. The van der Waals surface area contributed by atoms with Crippen molar-refractivity contribution in [3.63, 3.8) is 0 Å². The molecule has 1 amide bonds. The molecule has 6 nitrogen and oxygen atoms in total. The Labute approximate surface area is 154 Å². The number of hydrogen-bond donors (Lipinski definition) is 2. The summed E-state index contributed by atoms with van der Waals surface area (Å²) in [6.07, 6.45) is 5.95. The fraction of sp³-hybridized carbons (Fsp3) is 0.600. The van der Waals surface area contributed by atoms with Crippen molar-refractivity contribution in [1.82, 2.24) is 5.32 Å². The summed E-state index contributed by atoms with van der Waals surface area (Å²) in [5.41, 5.74) is 0.239. The monoisotopic (exact) mass is 363 g/mol.